The molecule has 23 rings (SSSR count). The molecule has 23 aromatic rings. The molecule has 0 saturated carbocycles. The quantitative estimate of drug-likeness (QED) is 0.0774. The lowest BCUT2D eigenvalue weighted by atomic mass is 9.99. The van der Waals surface area contributed by atoms with Crippen LogP contribution in [0.1, 0.15) is 11.1 Å². The molecular formula is C113H67N19. The van der Waals surface area contributed by atoms with E-state index in [2.05, 4.69) is 94.1 Å². The first-order chi connectivity index (χ1) is 65.3. The van der Waals surface area contributed by atoms with E-state index in [1.807, 2.05) is 322 Å². The van der Waals surface area contributed by atoms with Crippen LogP contribution in [0.5, 0.6) is 0 Å². The number of aromatic nitrogens is 17. The average Bonchev–Trinajstić information content (AvgIpc) is 1.57. The van der Waals surface area contributed by atoms with Crippen molar-refractivity contribution < 1.29 is 0 Å². The minimum atomic E-state index is 0.304. The molecule has 19 nitrogen and oxygen atoms in total. The molecule has 132 heavy (non-hydrogen) atoms. The van der Waals surface area contributed by atoms with Crippen LogP contribution in [0.3, 0.4) is 0 Å². The zero-order valence-corrected chi connectivity index (χ0v) is 70.2. The zero-order chi connectivity index (χ0) is 88.0. The van der Waals surface area contributed by atoms with E-state index in [0.29, 0.717) is 121 Å². The predicted molar refractivity (Wildman–Crippen MR) is 518 cm³/mol. The number of hydrogen-bond donors (Lipinski definition) is 0. The summed E-state index contributed by atoms with van der Waals surface area (Å²) >= 11 is 0. The van der Waals surface area contributed by atoms with E-state index in [1.165, 1.54) is 0 Å². The van der Waals surface area contributed by atoms with E-state index < -0.39 is 0 Å². The Balaban J connectivity index is 0.762. The summed E-state index contributed by atoms with van der Waals surface area (Å²) in [6, 6.07) is 139. The van der Waals surface area contributed by atoms with Crippen molar-refractivity contribution in [1.82, 2.24) is 83.9 Å². The van der Waals surface area contributed by atoms with E-state index in [4.69, 9.17) is 74.8 Å². The maximum absolute atomic E-state index is 11.3. The molecule has 0 bridgehead atoms. The second-order valence-electron chi connectivity index (χ2n) is 31.7. The van der Waals surface area contributed by atoms with Gasteiger partial charge in [-0.15, -0.1) is 0 Å². The maximum Gasteiger partial charge on any atom is 0.166 e. The highest BCUT2D eigenvalue weighted by molar-refractivity contribution is 6.14. The summed E-state index contributed by atoms with van der Waals surface area (Å²) in [7, 11) is 0. The molecule has 19 heteroatoms. The van der Waals surface area contributed by atoms with E-state index in [-0.39, 0.29) is 0 Å². The van der Waals surface area contributed by atoms with Crippen molar-refractivity contribution in [2.75, 3.05) is 0 Å². The average molecular weight is 1690 g/mol. The van der Waals surface area contributed by atoms with Gasteiger partial charge in [0.25, 0.3) is 0 Å². The lowest BCUT2D eigenvalue weighted by Crippen LogP contribution is -2.06. The van der Waals surface area contributed by atoms with Gasteiger partial charge in [0.15, 0.2) is 87.4 Å². The highest BCUT2D eigenvalue weighted by Gasteiger charge is 2.28. The van der Waals surface area contributed by atoms with Crippen molar-refractivity contribution in [3.63, 3.8) is 0 Å². The third kappa shape index (κ3) is 14.9. The molecule has 614 valence electrons. The van der Waals surface area contributed by atoms with E-state index in [0.717, 1.165) is 127 Å². The van der Waals surface area contributed by atoms with Crippen LogP contribution in [0.4, 0.5) is 0 Å². The van der Waals surface area contributed by atoms with E-state index in [9.17, 15) is 10.5 Å². The SMILES string of the molecule is N#Cc1cccc(-c2ccc(-c3nc(-c4ccccc4)nc(-c4ccc(C#N)cc4-n4c5ccc(-c6nc(-c7ccccc7)nc(-c7ccccc7)n6)cc5c5cc(-c6nc(-c7ccccc7)nc(-c7ccccc7)n6)ccc54)n3)c(-n3c4ccc(-c5nc(-c6ccccc6)nc(-c6ccccc6)n5)cc4c4cc(-c5nc(-c6ccccc6)nc(-c6ccccc6)n5)ccc43)c2)c1. The molecule has 0 unspecified atom stereocenters. The number of nitrogens with zero attached hydrogens (tertiary/aromatic N) is 19. The van der Waals surface area contributed by atoms with Crippen LogP contribution in [0.2, 0.25) is 0 Å². The topological polar surface area (TPSA) is 251 Å². The summed E-state index contributed by atoms with van der Waals surface area (Å²) < 4.78 is 4.43. The molecule has 0 aliphatic rings. The van der Waals surface area contributed by atoms with Gasteiger partial charge in [0.05, 0.1) is 56.7 Å². The van der Waals surface area contributed by atoms with Gasteiger partial charge in [-0.2, -0.15) is 10.5 Å². The van der Waals surface area contributed by atoms with Gasteiger partial charge in [0.1, 0.15) is 0 Å². The number of nitriles is 2. The minimum Gasteiger partial charge on any atom is -0.308 e. The van der Waals surface area contributed by atoms with Crippen molar-refractivity contribution in [2.24, 2.45) is 0 Å². The Kier molecular flexibility index (Phi) is 19.8. The maximum atomic E-state index is 11.3. The van der Waals surface area contributed by atoms with Crippen molar-refractivity contribution in [3.05, 3.63) is 418 Å². The van der Waals surface area contributed by atoms with E-state index >= 15 is 0 Å². The van der Waals surface area contributed by atoms with Gasteiger partial charge in [-0.25, -0.2) is 74.8 Å². The molecular weight excluding hydrogens is 1620 g/mol. The normalized spacial score (nSPS) is 11.3. The predicted octanol–water partition coefficient (Wildman–Crippen LogP) is 25.2. The molecule has 7 aromatic heterocycles. The summed E-state index contributed by atoms with van der Waals surface area (Å²) in [6.45, 7) is 0. The van der Waals surface area contributed by atoms with Crippen LogP contribution < -0.4 is 0 Å². The van der Waals surface area contributed by atoms with Crippen molar-refractivity contribution in [3.8, 4) is 205 Å². The van der Waals surface area contributed by atoms with Crippen molar-refractivity contribution in [2.45, 2.75) is 0 Å². The smallest absolute Gasteiger partial charge is 0.166 e. The van der Waals surface area contributed by atoms with Gasteiger partial charge < -0.3 is 9.13 Å². The van der Waals surface area contributed by atoms with Crippen LogP contribution in [-0.2, 0) is 0 Å². The Morgan fingerprint density at radius 2 is 0.348 bits per heavy atom. The second-order valence-corrected chi connectivity index (χ2v) is 31.7. The molecule has 0 radical (unpaired) electrons. The Morgan fingerprint density at radius 3 is 0.606 bits per heavy atom. The first kappa shape index (κ1) is 77.9. The highest BCUT2D eigenvalue weighted by Crippen LogP contribution is 2.45. The fraction of sp³-hybridized carbons (Fsp3) is 0. The molecule has 0 saturated heterocycles. The summed E-state index contributed by atoms with van der Waals surface area (Å²) in [6.07, 6.45) is 0. The summed E-state index contributed by atoms with van der Waals surface area (Å²) in [5.41, 5.74) is 18.4. The van der Waals surface area contributed by atoms with Gasteiger partial charge in [0.2, 0.25) is 0 Å². The first-order valence-electron chi connectivity index (χ1n) is 42.9. The van der Waals surface area contributed by atoms with Gasteiger partial charge >= 0.3 is 0 Å². The number of rotatable bonds is 18. The standard InChI is InChI=1S/C113H67N19/c114-68-70-29-28-48-81(61-70)82-50-56-88(98(67-82)132-95-59-53-85(110-124-103(76-38-18-5-19-39-76)118-104(125-110)77-40-20-6-21-41-77)65-91(95)92-66-86(54-60-96(92)132)111-126-105(78-42-22-7-23-43-78)119-106(127-111)79-44-24-8-25-45-79)113-129-107(80-46-26-9-27-47-80)128-112(130-113)87-55-49-71(69-115)62-97(87)131-93-57-51-83(108-120-99(72-30-10-1-11-31-72)116-100(121-108)73-32-12-2-13-33-73)63-89(93)90-64-84(52-58-94(90)131)109-122-101(74-34-14-3-15-35-74)117-102(123-109)75-36-16-4-17-37-75/h1-67H. The van der Waals surface area contributed by atoms with Crippen LogP contribution in [0, 0.1) is 22.7 Å². The minimum absolute atomic E-state index is 0.304. The van der Waals surface area contributed by atoms with Crippen LogP contribution in [-0.4, -0.2) is 83.9 Å². The zero-order valence-electron chi connectivity index (χ0n) is 70.2. The van der Waals surface area contributed by atoms with Crippen LogP contribution in [0.25, 0.3) is 237 Å². The van der Waals surface area contributed by atoms with Gasteiger partial charge in [-0.1, -0.05) is 291 Å². The van der Waals surface area contributed by atoms with Crippen LogP contribution in [0.15, 0.2) is 406 Å². The third-order valence-electron chi connectivity index (χ3n) is 23.4. The Morgan fingerprint density at radius 1 is 0.152 bits per heavy atom. The molecule has 16 aromatic carbocycles. The molecule has 0 N–H and O–H groups in total. The fourth-order valence-corrected chi connectivity index (χ4v) is 17.0. The van der Waals surface area contributed by atoms with Crippen LogP contribution >= 0.6 is 0 Å². The lowest BCUT2D eigenvalue weighted by Gasteiger charge is -2.18. The molecule has 7 heterocycles. The first-order valence-corrected chi connectivity index (χ1v) is 42.9. The number of benzene rings is 16. The highest BCUT2D eigenvalue weighted by atomic mass is 15.1. The van der Waals surface area contributed by atoms with Crippen molar-refractivity contribution >= 4 is 43.6 Å². The monoisotopic (exact) mass is 1690 g/mol. The summed E-state index contributed by atoms with van der Waals surface area (Å²) in [4.78, 5) is 79.4. The van der Waals surface area contributed by atoms with Crippen molar-refractivity contribution in [1.29, 1.82) is 10.5 Å². The summed E-state index contributed by atoms with van der Waals surface area (Å²) in [5.74, 6) is 6.98. The molecule has 0 aliphatic carbocycles. The molecule has 0 spiro atoms. The molecule has 0 amide bonds. The molecule has 0 aliphatic heterocycles. The lowest BCUT2D eigenvalue weighted by molar-refractivity contribution is 1.06. The molecule has 0 atom stereocenters. The number of hydrogen-bond acceptors (Lipinski definition) is 17. The molecule has 0 fully saturated rings. The van der Waals surface area contributed by atoms with E-state index in [1.54, 1.807) is 12.1 Å². The fourth-order valence-electron chi connectivity index (χ4n) is 17.0. The number of fused-ring (bicyclic) bond motifs is 6. The van der Waals surface area contributed by atoms with Gasteiger partial charge in [0, 0.05) is 105 Å². The third-order valence-corrected chi connectivity index (χ3v) is 23.4. The largest absolute Gasteiger partial charge is 0.308 e. The Labute approximate surface area is 756 Å². The Hall–Kier alpha value is -18.9. The Bertz CT molecular complexity index is 7910. The van der Waals surface area contributed by atoms with Gasteiger partial charge in [-0.3, -0.25) is 0 Å². The second kappa shape index (κ2) is 33.6. The summed E-state index contributed by atoms with van der Waals surface area (Å²) in [5, 5.41) is 25.1. The van der Waals surface area contributed by atoms with Gasteiger partial charge in [-0.05, 0) is 126 Å².